The van der Waals surface area contributed by atoms with E-state index >= 15 is 0 Å². The number of ether oxygens (including phenoxy) is 1. The van der Waals surface area contributed by atoms with E-state index in [9.17, 15) is 9.50 Å². The van der Waals surface area contributed by atoms with Gasteiger partial charge in [-0.1, -0.05) is 36.9 Å². The molecule has 0 saturated heterocycles. The first-order valence-electron chi connectivity index (χ1n) is 7.38. The van der Waals surface area contributed by atoms with Crippen LogP contribution in [-0.4, -0.2) is 17.8 Å². The van der Waals surface area contributed by atoms with Crippen molar-refractivity contribution in [1.29, 1.82) is 0 Å². The topological polar surface area (TPSA) is 29.5 Å². The summed E-state index contributed by atoms with van der Waals surface area (Å²) in [6.45, 7) is 2.42. The van der Waals surface area contributed by atoms with Gasteiger partial charge in [-0.05, 0) is 37.8 Å². The van der Waals surface area contributed by atoms with Gasteiger partial charge in [-0.25, -0.2) is 4.39 Å². The van der Waals surface area contributed by atoms with Gasteiger partial charge in [-0.15, -0.1) is 0 Å². The lowest BCUT2D eigenvalue weighted by Gasteiger charge is -2.33. The molecule has 1 aromatic rings. The van der Waals surface area contributed by atoms with Crippen molar-refractivity contribution in [3.63, 3.8) is 0 Å². The first-order chi connectivity index (χ1) is 9.63. The third-order valence-electron chi connectivity index (χ3n) is 4.07. The summed E-state index contributed by atoms with van der Waals surface area (Å²) >= 11 is 5.76. The van der Waals surface area contributed by atoms with Crippen LogP contribution in [-0.2, 0) is 4.74 Å². The number of rotatable bonds is 5. The Hall–Kier alpha value is -0.640. The van der Waals surface area contributed by atoms with Crippen LogP contribution < -0.4 is 0 Å². The second kappa shape index (κ2) is 7.39. The highest BCUT2D eigenvalue weighted by Gasteiger charge is 2.32. The van der Waals surface area contributed by atoms with Crippen molar-refractivity contribution >= 4 is 11.6 Å². The predicted octanol–water partition coefficient (Wildman–Crippen LogP) is 4.50. The molecule has 0 aromatic heterocycles. The molecule has 0 aliphatic heterocycles. The molecule has 1 aromatic carbocycles. The van der Waals surface area contributed by atoms with Gasteiger partial charge in [0.1, 0.15) is 11.9 Å². The summed E-state index contributed by atoms with van der Waals surface area (Å²) in [6, 6.07) is 4.40. The van der Waals surface area contributed by atoms with Crippen molar-refractivity contribution < 1.29 is 14.2 Å². The molecule has 1 saturated carbocycles. The summed E-state index contributed by atoms with van der Waals surface area (Å²) in [6.07, 6.45) is 4.36. The van der Waals surface area contributed by atoms with E-state index in [1.807, 2.05) is 6.92 Å². The maximum atomic E-state index is 14.0. The van der Waals surface area contributed by atoms with E-state index in [0.29, 0.717) is 17.5 Å². The van der Waals surface area contributed by atoms with Gasteiger partial charge >= 0.3 is 0 Å². The molecule has 2 unspecified atom stereocenters. The minimum absolute atomic E-state index is 0.276. The van der Waals surface area contributed by atoms with E-state index in [4.69, 9.17) is 16.3 Å². The van der Waals surface area contributed by atoms with Crippen LogP contribution in [0.5, 0.6) is 0 Å². The Morgan fingerprint density at radius 1 is 1.35 bits per heavy atom. The van der Waals surface area contributed by atoms with Crippen molar-refractivity contribution in [3.8, 4) is 0 Å². The first kappa shape index (κ1) is 15.7. The fraction of sp³-hybridized carbons (Fsp3) is 0.625. The molecule has 2 atom stereocenters. The Morgan fingerprint density at radius 3 is 2.65 bits per heavy atom. The summed E-state index contributed by atoms with van der Waals surface area (Å²) in [5.74, 6) is -0.167. The number of hydrogen-bond acceptors (Lipinski definition) is 2. The molecule has 1 N–H and O–H groups in total. The van der Waals surface area contributed by atoms with Gasteiger partial charge in [-0.2, -0.15) is 0 Å². The zero-order valence-electron chi connectivity index (χ0n) is 11.8. The number of aliphatic hydroxyl groups excluding tert-OH is 1. The van der Waals surface area contributed by atoms with E-state index in [2.05, 4.69) is 0 Å². The molecule has 1 fully saturated rings. The van der Waals surface area contributed by atoms with Crippen molar-refractivity contribution in [3.05, 3.63) is 34.6 Å². The van der Waals surface area contributed by atoms with Crippen LogP contribution in [0.4, 0.5) is 4.39 Å². The monoisotopic (exact) mass is 300 g/mol. The molecular formula is C16H22ClFO2. The van der Waals surface area contributed by atoms with Crippen molar-refractivity contribution in [2.45, 2.75) is 51.2 Å². The minimum Gasteiger partial charge on any atom is -0.386 e. The molecule has 0 amide bonds. The molecule has 112 valence electrons. The Morgan fingerprint density at radius 2 is 2.05 bits per heavy atom. The summed E-state index contributed by atoms with van der Waals surface area (Å²) in [5.41, 5.74) is 0.276. The Balaban J connectivity index is 2.18. The Kier molecular flexibility index (Phi) is 5.82. The molecule has 4 heteroatoms. The molecule has 0 radical (unpaired) electrons. The van der Waals surface area contributed by atoms with E-state index < -0.39 is 11.9 Å². The smallest absolute Gasteiger partial charge is 0.130 e. The van der Waals surface area contributed by atoms with Crippen LogP contribution in [0.15, 0.2) is 18.2 Å². The molecule has 2 rings (SSSR count). The Labute approximate surface area is 124 Å². The van der Waals surface area contributed by atoms with Gasteiger partial charge in [0, 0.05) is 17.2 Å². The predicted molar refractivity (Wildman–Crippen MR) is 78.4 cm³/mol. The van der Waals surface area contributed by atoms with Crippen LogP contribution in [0, 0.1) is 11.7 Å². The van der Waals surface area contributed by atoms with Gasteiger partial charge in [0.2, 0.25) is 0 Å². The quantitative estimate of drug-likeness (QED) is 0.867. The molecule has 20 heavy (non-hydrogen) atoms. The summed E-state index contributed by atoms with van der Waals surface area (Å²) in [4.78, 5) is 0. The number of benzene rings is 1. The van der Waals surface area contributed by atoms with Crippen molar-refractivity contribution in [2.75, 3.05) is 6.61 Å². The number of aliphatic hydroxyl groups is 1. The maximum absolute atomic E-state index is 14.0. The van der Waals surface area contributed by atoms with Gasteiger partial charge in [-0.3, -0.25) is 0 Å². The molecule has 0 spiro atoms. The van der Waals surface area contributed by atoms with Gasteiger partial charge in [0.15, 0.2) is 0 Å². The Bertz CT molecular complexity index is 432. The molecule has 2 nitrogen and oxygen atoms in total. The minimum atomic E-state index is -0.935. The summed E-state index contributed by atoms with van der Waals surface area (Å²) in [5, 5.41) is 10.9. The standard InChI is InChI=1S/C16H22ClFO2/c1-2-20-16(11-6-4-3-5-7-11)15(19)13-9-8-12(17)10-14(13)18/h8-11,15-16,19H,2-7H2,1H3. The van der Waals surface area contributed by atoms with Crippen LogP contribution in [0.1, 0.15) is 50.7 Å². The second-order valence-corrected chi connectivity index (χ2v) is 5.87. The average molecular weight is 301 g/mol. The van der Waals surface area contributed by atoms with Crippen LogP contribution >= 0.6 is 11.6 Å². The SMILES string of the molecule is CCOC(C1CCCCC1)C(O)c1ccc(Cl)cc1F. The van der Waals surface area contributed by atoms with E-state index in [0.717, 1.165) is 25.7 Å². The third kappa shape index (κ3) is 3.72. The average Bonchev–Trinajstić information content (AvgIpc) is 2.45. The number of hydrogen-bond donors (Lipinski definition) is 1. The molecule has 1 aliphatic carbocycles. The summed E-state index contributed by atoms with van der Waals surface area (Å²) in [7, 11) is 0. The lowest BCUT2D eigenvalue weighted by atomic mass is 9.82. The van der Waals surface area contributed by atoms with Crippen molar-refractivity contribution in [1.82, 2.24) is 0 Å². The van der Waals surface area contributed by atoms with E-state index in [1.165, 1.54) is 12.5 Å². The largest absolute Gasteiger partial charge is 0.386 e. The second-order valence-electron chi connectivity index (χ2n) is 5.43. The normalized spacial score (nSPS) is 19.8. The molecule has 0 heterocycles. The number of halogens is 2. The highest BCUT2D eigenvalue weighted by molar-refractivity contribution is 6.30. The lowest BCUT2D eigenvalue weighted by Crippen LogP contribution is -2.32. The zero-order chi connectivity index (χ0) is 14.5. The van der Waals surface area contributed by atoms with Gasteiger partial charge < -0.3 is 9.84 Å². The van der Waals surface area contributed by atoms with Crippen LogP contribution in [0.2, 0.25) is 5.02 Å². The fourth-order valence-corrected chi connectivity index (χ4v) is 3.22. The lowest BCUT2D eigenvalue weighted by molar-refractivity contribution is -0.0750. The fourth-order valence-electron chi connectivity index (χ4n) is 3.06. The highest BCUT2D eigenvalue weighted by Crippen LogP contribution is 2.35. The molecular weight excluding hydrogens is 279 g/mol. The molecule has 0 bridgehead atoms. The third-order valence-corrected chi connectivity index (χ3v) is 4.30. The summed E-state index contributed by atoms with van der Waals surface area (Å²) < 4.78 is 19.7. The van der Waals surface area contributed by atoms with E-state index in [-0.39, 0.29) is 11.7 Å². The van der Waals surface area contributed by atoms with Crippen LogP contribution in [0.25, 0.3) is 0 Å². The van der Waals surface area contributed by atoms with E-state index in [1.54, 1.807) is 12.1 Å². The van der Waals surface area contributed by atoms with Gasteiger partial charge in [0.25, 0.3) is 0 Å². The maximum Gasteiger partial charge on any atom is 0.130 e. The molecule has 1 aliphatic rings. The van der Waals surface area contributed by atoms with Gasteiger partial charge in [0.05, 0.1) is 6.10 Å². The van der Waals surface area contributed by atoms with Crippen molar-refractivity contribution in [2.24, 2.45) is 5.92 Å². The first-order valence-corrected chi connectivity index (χ1v) is 7.76. The van der Waals surface area contributed by atoms with Crippen LogP contribution in [0.3, 0.4) is 0 Å². The highest BCUT2D eigenvalue weighted by atomic mass is 35.5. The zero-order valence-corrected chi connectivity index (χ0v) is 12.6.